The Hall–Kier alpha value is -0.570. The first-order chi connectivity index (χ1) is 6.15. The molecule has 0 radical (unpaired) electrons. The fourth-order valence-corrected chi connectivity index (χ4v) is 2.01. The summed E-state index contributed by atoms with van der Waals surface area (Å²) < 4.78 is 0.926. The van der Waals surface area contributed by atoms with Gasteiger partial charge < -0.3 is 5.32 Å². The number of halogens is 1. The maximum atomic E-state index is 4.53. The summed E-state index contributed by atoms with van der Waals surface area (Å²) in [5, 5.41) is 3.39. The Labute approximate surface area is 86.9 Å². The fraction of sp³-hybridized carbons (Fsp3) is 0.500. The van der Waals surface area contributed by atoms with Crippen molar-refractivity contribution >= 4 is 21.6 Å². The van der Waals surface area contributed by atoms with E-state index in [4.69, 9.17) is 0 Å². The van der Waals surface area contributed by atoms with Crippen molar-refractivity contribution in [2.75, 3.05) is 11.9 Å². The molecule has 1 aliphatic rings. The van der Waals surface area contributed by atoms with Crippen LogP contribution in [0, 0.1) is 0 Å². The number of rotatable bonds is 1. The Kier molecular flexibility index (Phi) is 2.06. The van der Waals surface area contributed by atoms with Gasteiger partial charge in [0.2, 0.25) is 0 Å². The predicted octanol–water partition coefficient (Wildman–Crippen LogP) is 2.94. The van der Waals surface area contributed by atoms with E-state index in [9.17, 15) is 0 Å². The van der Waals surface area contributed by atoms with E-state index in [-0.39, 0.29) is 5.41 Å². The number of anilines is 1. The zero-order valence-electron chi connectivity index (χ0n) is 7.89. The SMILES string of the molecule is CCC1(C)CNc2ccc(Br)nc21. The number of pyridine rings is 1. The van der Waals surface area contributed by atoms with Crippen LogP contribution < -0.4 is 5.32 Å². The molecule has 2 nitrogen and oxygen atoms in total. The van der Waals surface area contributed by atoms with Gasteiger partial charge in [0.05, 0.1) is 11.4 Å². The molecular formula is C10H13BrN2. The fourth-order valence-electron chi connectivity index (χ4n) is 1.70. The first-order valence-electron chi connectivity index (χ1n) is 4.56. The zero-order valence-corrected chi connectivity index (χ0v) is 9.48. The van der Waals surface area contributed by atoms with Crippen LogP contribution in [0.25, 0.3) is 0 Å². The summed E-state index contributed by atoms with van der Waals surface area (Å²) in [6.45, 7) is 5.47. The Morgan fingerprint density at radius 3 is 3.08 bits per heavy atom. The molecule has 1 aromatic heterocycles. The van der Waals surface area contributed by atoms with Crippen LogP contribution in [-0.4, -0.2) is 11.5 Å². The minimum absolute atomic E-state index is 0.207. The Bertz CT molecular complexity index is 338. The van der Waals surface area contributed by atoms with Crippen molar-refractivity contribution in [1.82, 2.24) is 4.98 Å². The molecular weight excluding hydrogens is 228 g/mol. The molecule has 0 saturated carbocycles. The van der Waals surface area contributed by atoms with Crippen LogP contribution in [-0.2, 0) is 5.41 Å². The third-order valence-electron chi connectivity index (χ3n) is 2.88. The lowest BCUT2D eigenvalue weighted by Crippen LogP contribution is -2.23. The first kappa shape index (κ1) is 9.00. The van der Waals surface area contributed by atoms with Gasteiger partial charge in [-0.1, -0.05) is 13.8 Å². The highest BCUT2D eigenvalue weighted by Gasteiger charge is 2.34. The topological polar surface area (TPSA) is 24.9 Å². The smallest absolute Gasteiger partial charge is 0.106 e. The van der Waals surface area contributed by atoms with Crippen molar-refractivity contribution in [3.05, 3.63) is 22.4 Å². The average molecular weight is 241 g/mol. The van der Waals surface area contributed by atoms with Gasteiger partial charge in [-0.15, -0.1) is 0 Å². The van der Waals surface area contributed by atoms with Crippen molar-refractivity contribution in [3.63, 3.8) is 0 Å². The van der Waals surface area contributed by atoms with Crippen molar-refractivity contribution in [3.8, 4) is 0 Å². The molecule has 0 fully saturated rings. The van der Waals surface area contributed by atoms with Gasteiger partial charge in [0.1, 0.15) is 4.60 Å². The van der Waals surface area contributed by atoms with E-state index in [0.29, 0.717) is 0 Å². The summed E-state index contributed by atoms with van der Waals surface area (Å²) >= 11 is 3.41. The van der Waals surface area contributed by atoms with Gasteiger partial charge in [-0.05, 0) is 34.5 Å². The van der Waals surface area contributed by atoms with Crippen LogP contribution in [0.2, 0.25) is 0 Å². The number of fused-ring (bicyclic) bond motifs is 1. The maximum absolute atomic E-state index is 4.53. The van der Waals surface area contributed by atoms with Crippen molar-refractivity contribution in [2.45, 2.75) is 25.7 Å². The van der Waals surface area contributed by atoms with E-state index in [1.54, 1.807) is 0 Å². The van der Waals surface area contributed by atoms with Gasteiger partial charge in [0.15, 0.2) is 0 Å². The van der Waals surface area contributed by atoms with Crippen LogP contribution >= 0.6 is 15.9 Å². The molecule has 1 aromatic rings. The minimum Gasteiger partial charge on any atom is -0.383 e. The monoisotopic (exact) mass is 240 g/mol. The van der Waals surface area contributed by atoms with Crippen LogP contribution in [0.4, 0.5) is 5.69 Å². The minimum atomic E-state index is 0.207. The second-order valence-electron chi connectivity index (χ2n) is 3.80. The number of hydrogen-bond donors (Lipinski definition) is 1. The third-order valence-corrected chi connectivity index (χ3v) is 3.32. The zero-order chi connectivity index (χ0) is 9.47. The van der Waals surface area contributed by atoms with Crippen molar-refractivity contribution in [2.24, 2.45) is 0 Å². The molecule has 0 spiro atoms. The van der Waals surface area contributed by atoms with E-state index in [2.05, 4.69) is 46.1 Å². The lowest BCUT2D eigenvalue weighted by atomic mass is 9.86. The van der Waals surface area contributed by atoms with E-state index in [1.165, 1.54) is 11.4 Å². The van der Waals surface area contributed by atoms with Gasteiger partial charge in [-0.25, -0.2) is 4.98 Å². The number of nitrogens with one attached hydrogen (secondary N) is 1. The van der Waals surface area contributed by atoms with E-state index >= 15 is 0 Å². The van der Waals surface area contributed by atoms with Gasteiger partial charge in [0, 0.05) is 12.0 Å². The largest absolute Gasteiger partial charge is 0.383 e. The summed E-state index contributed by atoms with van der Waals surface area (Å²) in [6, 6.07) is 4.07. The average Bonchev–Trinajstić information content (AvgIpc) is 2.45. The summed E-state index contributed by atoms with van der Waals surface area (Å²) in [5.41, 5.74) is 2.59. The van der Waals surface area contributed by atoms with Crippen LogP contribution in [0.3, 0.4) is 0 Å². The summed E-state index contributed by atoms with van der Waals surface area (Å²) in [6.07, 6.45) is 1.12. The van der Waals surface area contributed by atoms with Gasteiger partial charge in [0.25, 0.3) is 0 Å². The maximum Gasteiger partial charge on any atom is 0.106 e. The quantitative estimate of drug-likeness (QED) is 0.764. The Morgan fingerprint density at radius 1 is 1.62 bits per heavy atom. The lowest BCUT2D eigenvalue weighted by molar-refractivity contribution is 0.490. The molecule has 0 bridgehead atoms. The Balaban J connectivity index is 2.52. The highest BCUT2D eigenvalue weighted by atomic mass is 79.9. The summed E-state index contributed by atoms with van der Waals surface area (Å²) in [7, 11) is 0. The predicted molar refractivity (Wildman–Crippen MR) is 58.1 cm³/mol. The van der Waals surface area contributed by atoms with E-state index in [1.807, 2.05) is 6.07 Å². The molecule has 0 aromatic carbocycles. The molecule has 2 rings (SSSR count). The molecule has 70 valence electrons. The standard InChI is InChI=1S/C10H13BrN2/c1-3-10(2)6-12-7-4-5-8(11)13-9(7)10/h4-5,12H,3,6H2,1-2H3. The molecule has 3 heteroatoms. The highest BCUT2D eigenvalue weighted by molar-refractivity contribution is 9.10. The van der Waals surface area contributed by atoms with Crippen molar-refractivity contribution in [1.29, 1.82) is 0 Å². The molecule has 1 N–H and O–H groups in total. The van der Waals surface area contributed by atoms with Crippen LogP contribution in [0.15, 0.2) is 16.7 Å². The molecule has 0 saturated heterocycles. The number of nitrogens with zero attached hydrogens (tertiary/aromatic N) is 1. The molecule has 2 heterocycles. The van der Waals surface area contributed by atoms with Crippen LogP contribution in [0.1, 0.15) is 26.0 Å². The third kappa shape index (κ3) is 1.35. The van der Waals surface area contributed by atoms with E-state index in [0.717, 1.165) is 17.6 Å². The Morgan fingerprint density at radius 2 is 2.38 bits per heavy atom. The van der Waals surface area contributed by atoms with Gasteiger partial charge in [-0.2, -0.15) is 0 Å². The first-order valence-corrected chi connectivity index (χ1v) is 5.36. The second-order valence-corrected chi connectivity index (χ2v) is 4.61. The molecule has 0 amide bonds. The second kappa shape index (κ2) is 2.98. The normalized spacial score (nSPS) is 25.5. The molecule has 13 heavy (non-hydrogen) atoms. The molecule has 0 aliphatic carbocycles. The number of aromatic nitrogens is 1. The summed E-state index contributed by atoms with van der Waals surface area (Å²) in [4.78, 5) is 4.53. The summed E-state index contributed by atoms with van der Waals surface area (Å²) in [5.74, 6) is 0. The van der Waals surface area contributed by atoms with Crippen LogP contribution in [0.5, 0.6) is 0 Å². The molecule has 1 atom stereocenters. The number of hydrogen-bond acceptors (Lipinski definition) is 2. The van der Waals surface area contributed by atoms with Gasteiger partial charge in [-0.3, -0.25) is 0 Å². The molecule has 1 aliphatic heterocycles. The van der Waals surface area contributed by atoms with Gasteiger partial charge >= 0.3 is 0 Å². The highest BCUT2D eigenvalue weighted by Crippen LogP contribution is 2.37. The van der Waals surface area contributed by atoms with Crippen molar-refractivity contribution < 1.29 is 0 Å². The lowest BCUT2D eigenvalue weighted by Gasteiger charge is -2.20. The van der Waals surface area contributed by atoms with E-state index < -0.39 is 0 Å². The molecule has 1 unspecified atom stereocenters.